The number of carbonyl (C=O) groups is 1. The molecule has 2 rings (SSSR count). The minimum absolute atomic E-state index is 0.105. The predicted octanol–water partition coefficient (Wildman–Crippen LogP) is 1.44. The first-order valence-electron chi connectivity index (χ1n) is 5.78. The highest BCUT2D eigenvalue weighted by molar-refractivity contribution is 5.86. The fraction of sp³-hybridized carbons (Fsp3) is 0.462. The van der Waals surface area contributed by atoms with E-state index in [4.69, 9.17) is 0 Å². The minimum atomic E-state index is -0.366. The molecule has 0 aliphatic carbocycles. The van der Waals surface area contributed by atoms with Crippen LogP contribution in [0.1, 0.15) is 25.3 Å². The molecule has 1 aromatic carbocycles. The normalized spacial score (nSPS) is 24.3. The first-order valence-corrected chi connectivity index (χ1v) is 5.78. The molecule has 1 atom stereocenters. The lowest BCUT2D eigenvalue weighted by atomic mass is 9.99. The van der Waals surface area contributed by atoms with Crippen molar-refractivity contribution in [2.75, 3.05) is 6.54 Å². The van der Waals surface area contributed by atoms with Gasteiger partial charge < -0.3 is 10.6 Å². The van der Waals surface area contributed by atoms with E-state index in [1.54, 1.807) is 0 Å². The van der Waals surface area contributed by atoms with Crippen LogP contribution in [-0.2, 0) is 11.3 Å². The summed E-state index contributed by atoms with van der Waals surface area (Å²) in [7, 11) is 0. The molecule has 86 valence electrons. The number of carbonyl (C=O) groups excluding carboxylic acids is 1. The molecule has 1 aromatic rings. The molecule has 1 heterocycles. The summed E-state index contributed by atoms with van der Waals surface area (Å²) in [5.74, 6) is 0.105. The van der Waals surface area contributed by atoms with Gasteiger partial charge in [0.2, 0.25) is 5.91 Å². The summed E-state index contributed by atoms with van der Waals surface area (Å²) in [4.78, 5) is 12.0. The van der Waals surface area contributed by atoms with Crippen molar-refractivity contribution >= 4 is 5.91 Å². The second kappa shape index (κ2) is 4.66. The molecule has 16 heavy (non-hydrogen) atoms. The van der Waals surface area contributed by atoms with Gasteiger partial charge in [-0.2, -0.15) is 0 Å². The van der Waals surface area contributed by atoms with E-state index in [1.807, 2.05) is 37.3 Å². The lowest BCUT2D eigenvalue weighted by Gasteiger charge is -2.23. The Kier molecular flexibility index (Phi) is 3.25. The summed E-state index contributed by atoms with van der Waals surface area (Å²) in [6.45, 7) is 3.52. The highest BCUT2D eigenvalue weighted by Gasteiger charge is 2.35. The molecule has 1 fully saturated rings. The van der Waals surface area contributed by atoms with E-state index in [-0.39, 0.29) is 11.4 Å². The SMILES string of the molecule is C[C@]1(C(=O)NCc2ccccc2)CCCN1. The minimum Gasteiger partial charge on any atom is -0.350 e. The van der Waals surface area contributed by atoms with E-state index >= 15 is 0 Å². The Morgan fingerprint density at radius 2 is 2.19 bits per heavy atom. The Bertz CT molecular complexity index is 355. The van der Waals surface area contributed by atoms with Crippen molar-refractivity contribution in [3.8, 4) is 0 Å². The van der Waals surface area contributed by atoms with Gasteiger partial charge in [0.15, 0.2) is 0 Å². The van der Waals surface area contributed by atoms with E-state index in [0.29, 0.717) is 6.54 Å². The molecule has 3 heteroatoms. The highest BCUT2D eigenvalue weighted by Crippen LogP contribution is 2.18. The third-order valence-electron chi connectivity index (χ3n) is 3.17. The third-order valence-corrected chi connectivity index (χ3v) is 3.17. The first kappa shape index (κ1) is 11.1. The summed E-state index contributed by atoms with van der Waals surface area (Å²) in [5, 5.41) is 6.24. The van der Waals surface area contributed by atoms with Gasteiger partial charge in [0.25, 0.3) is 0 Å². The molecule has 0 saturated carbocycles. The third kappa shape index (κ3) is 2.42. The smallest absolute Gasteiger partial charge is 0.240 e. The predicted molar refractivity (Wildman–Crippen MR) is 63.9 cm³/mol. The Morgan fingerprint density at radius 1 is 1.44 bits per heavy atom. The van der Waals surface area contributed by atoms with Crippen molar-refractivity contribution in [2.45, 2.75) is 31.8 Å². The molecular formula is C13H18N2O. The molecule has 1 saturated heterocycles. The van der Waals surface area contributed by atoms with E-state index in [9.17, 15) is 4.79 Å². The molecule has 0 aromatic heterocycles. The Morgan fingerprint density at radius 3 is 2.81 bits per heavy atom. The van der Waals surface area contributed by atoms with Crippen molar-refractivity contribution in [2.24, 2.45) is 0 Å². The topological polar surface area (TPSA) is 41.1 Å². The van der Waals surface area contributed by atoms with Crippen LogP contribution in [0.2, 0.25) is 0 Å². The summed E-state index contributed by atoms with van der Waals surface area (Å²) in [5.41, 5.74) is 0.770. The van der Waals surface area contributed by atoms with Gasteiger partial charge in [-0.3, -0.25) is 4.79 Å². The molecule has 1 amide bonds. The summed E-state index contributed by atoms with van der Waals surface area (Å²) >= 11 is 0. The van der Waals surface area contributed by atoms with Gasteiger partial charge in [0.1, 0.15) is 0 Å². The number of benzene rings is 1. The van der Waals surface area contributed by atoms with Crippen LogP contribution < -0.4 is 10.6 Å². The van der Waals surface area contributed by atoms with Crippen LogP contribution in [0, 0.1) is 0 Å². The van der Waals surface area contributed by atoms with Crippen LogP contribution in [0.15, 0.2) is 30.3 Å². The van der Waals surface area contributed by atoms with Gasteiger partial charge in [0.05, 0.1) is 5.54 Å². The van der Waals surface area contributed by atoms with Crippen molar-refractivity contribution in [3.05, 3.63) is 35.9 Å². The Labute approximate surface area is 96.2 Å². The number of hydrogen-bond acceptors (Lipinski definition) is 2. The zero-order valence-corrected chi connectivity index (χ0v) is 9.62. The summed E-state index contributed by atoms with van der Waals surface area (Å²) in [6.07, 6.45) is 2.00. The van der Waals surface area contributed by atoms with Gasteiger partial charge >= 0.3 is 0 Å². The lowest BCUT2D eigenvalue weighted by molar-refractivity contribution is -0.126. The molecule has 2 N–H and O–H groups in total. The van der Waals surface area contributed by atoms with Crippen LogP contribution in [0.25, 0.3) is 0 Å². The summed E-state index contributed by atoms with van der Waals surface area (Å²) < 4.78 is 0. The van der Waals surface area contributed by atoms with Crippen LogP contribution in [-0.4, -0.2) is 18.0 Å². The van der Waals surface area contributed by atoms with Gasteiger partial charge in [-0.25, -0.2) is 0 Å². The standard InChI is InChI=1S/C13H18N2O/c1-13(8-5-9-15-13)12(16)14-10-11-6-3-2-4-7-11/h2-4,6-7,15H,5,8-10H2,1H3,(H,14,16)/t13-/m1/s1. The Hall–Kier alpha value is -1.35. The maximum absolute atomic E-state index is 12.0. The number of hydrogen-bond donors (Lipinski definition) is 2. The number of amides is 1. The quantitative estimate of drug-likeness (QED) is 0.806. The maximum Gasteiger partial charge on any atom is 0.240 e. The van der Waals surface area contributed by atoms with Crippen LogP contribution in [0.3, 0.4) is 0 Å². The van der Waals surface area contributed by atoms with Crippen molar-refractivity contribution in [3.63, 3.8) is 0 Å². The van der Waals surface area contributed by atoms with Crippen LogP contribution in [0.4, 0.5) is 0 Å². The van der Waals surface area contributed by atoms with E-state index in [0.717, 1.165) is 24.9 Å². The molecule has 0 bridgehead atoms. The lowest BCUT2D eigenvalue weighted by Crippen LogP contribution is -2.50. The second-order valence-corrected chi connectivity index (χ2v) is 4.53. The Balaban J connectivity index is 1.89. The fourth-order valence-corrected chi connectivity index (χ4v) is 2.06. The molecule has 0 spiro atoms. The van der Waals surface area contributed by atoms with Gasteiger partial charge in [-0.1, -0.05) is 30.3 Å². The molecule has 1 aliphatic heterocycles. The van der Waals surface area contributed by atoms with Gasteiger partial charge in [-0.15, -0.1) is 0 Å². The van der Waals surface area contributed by atoms with Gasteiger partial charge in [0, 0.05) is 6.54 Å². The zero-order chi connectivity index (χ0) is 11.4. The second-order valence-electron chi connectivity index (χ2n) is 4.53. The number of nitrogens with one attached hydrogen (secondary N) is 2. The van der Waals surface area contributed by atoms with Crippen molar-refractivity contribution in [1.82, 2.24) is 10.6 Å². The maximum atomic E-state index is 12.0. The first-order chi connectivity index (χ1) is 7.71. The zero-order valence-electron chi connectivity index (χ0n) is 9.62. The average molecular weight is 218 g/mol. The molecule has 0 unspecified atom stereocenters. The molecule has 1 aliphatic rings. The van der Waals surface area contributed by atoms with Crippen molar-refractivity contribution in [1.29, 1.82) is 0 Å². The largest absolute Gasteiger partial charge is 0.350 e. The van der Waals surface area contributed by atoms with E-state index < -0.39 is 0 Å². The number of rotatable bonds is 3. The average Bonchev–Trinajstić information content (AvgIpc) is 2.76. The summed E-state index contributed by atoms with van der Waals surface area (Å²) in [6, 6.07) is 9.98. The van der Waals surface area contributed by atoms with E-state index in [2.05, 4.69) is 10.6 Å². The molecule has 0 radical (unpaired) electrons. The van der Waals surface area contributed by atoms with E-state index in [1.165, 1.54) is 0 Å². The monoisotopic (exact) mass is 218 g/mol. The van der Waals surface area contributed by atoms with Gasteiger partial charge in [-0.05, 0) is 31.9 Å². The van der Waals surface area contributed by atoms with Crippen molar-refractivity contribution < 1.29 is 4.79 Å². The molecular weight excluding hydrogens is 200 g/mol. The highest BCUT2D eigenvalue weighted by atomic mass is 16.2. The fourth-order valence-electron chi connectivity index (χ4n) is 2.06. The van der Waals surface area contributed by atoms with Crippen LogP contribution >= 0.6 is 0 Å². The van der Waals surface area contributed by atoms with Crippen LogP contribution in [0.5, 0.6) is 0 Å². The molecule has 3 nitrogen and oxygen atoms in total.